The van der Waals surface area contributed by atoms with Crippen molar-refractivity contribution < 1.29 is 23.4 Å². The van der Waals surface area contributed by atoms with Gasteiger partial charge < -0.3 is 24.0 Å². The van der Waals surface area contributed by atoms with Crippen molar-refractivity contribution in [2.45, 2.75) is 71.8 Å². The Hall–Kier alpha value is -3.87. The van der Waals surface area contributed by atoms with Crippen LogP contribution in [0, 0.1) is 11.2 Å². The normalized spacial score (nSPS) is 20.9. The average molecular weight is 674 g/mol. The maximum atomic E-state index is 14.3. The number of carbonyl (C=O) groups excluding carboxylic acids is 1. The van der Waals surface area contributed by atoms with Crippen LogP contribution in [0.1, 0.15) is 62.2 Å². The molecule has 12 heteroatoms. The molecule has 7 rings (SSSR count). The number of anilines is 1. The predicted molar refractivity (Wildman–Crippen MR) is 184 cm³/mol. The van der Waals surface area contributed by atoms with Gasteiger partial charge in [0.05, 0.1) is 24.5 Å². The molecule has 3 fully saturated rings. The molecule has 3 aromatic rings. The third kappa shape index (κ3) is 7.09. The number of hydrogen-bond donors (Lipinski definition) is 0. The van der Waals surface area contributed by atoms with Crippen LogP contribution in [-0.4, -0.2) is 113 Å². The van der Waals surface area contributed by atoms with Crippen LogP contribution in [0.2, 0.25) is 0 Å². The topological polar surface area (TPSA) is 96.4 Å². The van der Waals surface area contributed by atoms with E-state index < -0.39 is 5.82 Å². The van der Waals surface area contributed by atoms with Gasteiger partial charge in [-0.25, -0.2) is 14.4 Å². The van der Waals surface area contributed by atoms with Crippen molar-refractivity contribution in [1.29, 1.82) is 0 Å². The van der Waals surface area contributed by atoms with Gasteiger partial charge in [-0.05, 0) is 64.4 Å². The average Bonchev–Trinajstić information content (AvgIpc) is 3.06. The van der Waals surface area contributed by atoms with Gasteiger partial charge in [0, 0.05) is 87.7 Å². The number of nitrogens with zero attached hydrogens (tertiary/aromatic N) is 7. The first-order chi connectivity index (χ1) is 23.7. The van der Waals surface area contributed by atoms with Gasteiger partial charge in [0.1, 0.15) is 29.7 Å². The Bertz CT molecular complexity index is 1640. The molecule has 11 nitrogen and oxygen atoms in total. The smallest absolute Gasteiger partial charge is 0.257 e. The molecule has 0 N–H and O–H groups in total. The second-order valence-electron chi connectivity index (χ2n) is 14.2. The molecule has 1 aliphatic carbocycles. The zero-order valence-corrected chi connectivity index (χ0v) is 29.1. The summed E-state index contributed by atoms with van der Waals surface area (Å²) in [5, 5.41) is 0. The molecule has 5 heterocycles. The number of pyridine rings is 1. The SMILES string of the molecule is CCN1CCO[C@@H](CN2CCc3nccc(OC4CC5(C4)CN(c4ncncc4Oc4ccc(F)cc4C(=O)N(CC)C(C)C)C5)c3C2)C1. The minimum atomic E-state index is -0.492. The van der Waals surface area contributed by atoms with Crippen molar-refractivity contribution in [3.8, 4) is 17.2 Å². The van der Waals surface area contributed by atoms with Gasteiger partial charge in [-0.2, -0.15) is 0 Å². The molecule has 2 saturated heterocycles. The van der Waals surface area contributed by atoms with Crippen LogP contribution >= 0.6 is 0 Å². The Morgan fingerprint density at radius 2 is 1.94 bits per heavy atom. The first-order valence-corrected chi connectivity index (χ1v) is 17.8. The van der Waals surface area contributed by atoms with Crippen LogP contribution in [0.5, 0.6) is 17.2 Å². The van der Waals surface area contributed by atoms with Gasteiger partial charge in [-0.3, -0.25) is 19.6 Å². The first kappa shape index (κ1) is 33.6. The van der Waals surface area contributed by atoms with Crippen molar-refractivity contribution in [3.63, 3.8) is 0 Å². The van der Waals surface area contributed by atoms with E-state index >= 15 is 0 Å². The van der Waals surface area contributed by atoms with Crippen molar-refractivity contribution in [3.05, 3.63) is 65.6 Å². The summed E-state index contributed by atoms with van der Waals surface area (Å²) in [6.07, 6.45) is 8.23. The summed E-state index contributed by atoms with van der Waals surface area (Å²) in [6.45, 7) is 16.8. The minimum Gasteiger partial charge on any atom is -0.490 e. The maximum Gasteiger partial charge on any atom is 0.257 e. The van der Waals surface area contributed by atoms with E-state index in [2.05, 4.69) is 31.6 Å². The highest BCUT2D eigenvalue weighted by molar-refractivity contribution is 5.97. The fraction of sp³-hybridized carbons (Fsp3) is 0.568. The van der Waals surface area contributed by atoms with Crippen molar-refractivity contribution in [2.75, 3.05) is 63.9 Å². The zero-order chi connectivity index (χ0) is 34.1. The second kappa shape index (κ2) is 14.2. The van der Waals surface area contributed by atoms with E-state index in [0.717, 1.165) is 89.7 Å². The quantitative estimate of drug-likeness (QED) is 0.283. The highest BCUT2D eigenvalue weighted by atomic mass is 19.1. The van der Waals surface area contributed by atoms with Gasteiger partial charge >= 0.3 is 0 Å². The molecule has 4 aliphatic rings. The number of amides is 1. The molecule has 1 atom stereocenters. The number of benzene rings is 1. The Morgan fingerprint density at radius 3 is 2.71 bits per heavy atom. The van der Waals surface area contributed by atoms with E-state index in [1.807, 2.05) is 33.0 Å². The number of halogens is 1. The van der Waals surface area contributed by atoms with Gasteiger partial charge in [0.25, 0.3) is 5.91 Å². The Morgan fingerprint density at radius 1 is 1.10 bits per heavy atom. The summed E-state index contributed by atoms with van der Waals surface area (Å²) in [7, 11) is 0. The molecule has 3 aliphatic heterocycles. The highest BCUT2D eigenvalue weighted by Crippen LogP contribution is 2.52. The number of fused-ring (bicyclic) bond motifs is 1. The van der Waals surface area contributed by atoms with Gasteiger partial charge in [0.15, 0.2) is 11.6 Å². The molecule has 262 valence electrons. The van der Waals surface area contributed by atoms with Crippen LogP contribution < -0.4 is 14.4 Å². The standard InChI is InChI=1S/C37H48FN7O4/c1-5-42-13-14-47-28(19-42)20-43-12-10-31-30(21-43)33(9-11-40-31)48-27-16-37(17-27)22-44(23-37)35-34(18-39-24-41-35)49-32-8-7-26(38)15-29(32)36(46)45(6-2)25(3)4/h7-9,11,15,18,24-25,27-28H,5-6,10,12-14,16-17,19-23H2,1-4H3/t28-/m1/s1. The van der Waals surface area contributed by atoms with E-state index in [4.69, 9.17) is 19.2 Å². The number of morpholine rings is 1. The van der Waals surface area contributed by atoms with Crippen LogP contribution in [0.15, 0.2) is 43.0 Å². The number of ether oxygens (including phenoxy) is 3. The van der Waals surface area contributed by atoms with Crippen molar-refractivity contribution >= 4 is 11.7 Å². The van der Waals surface area contributed by atoms with Gasteiger partial charge in [-0.15, -0.1) is 0 Å². The largest absolute Gasteiger partial charge is 0.490 e. The molecule has 1 amide bonds. The Labute approximate surface area is 288 Å². The third-order valence-electron chi connectivity index (χ3n) is 10.5. The lowest BCUT2D eigenvalue weighted by Crippen LogP contribution is -2.65. The van der Waals surface area contributed by atoms with Crippen LogP contribution in [0.25, 0.3) is 0 Å². The summed E-state index contributed by atoms with van der Waals surface area (Å²) < 4.78 is 33.3. The lowest BCUT2D eigenvalue weighted by Gasteiger charge is -2.59. The third-order valence-corrected chi connectivity index (χ3v) is 10.5. The van der Waals surface area contributed by atoms with Crippen molar-refractivity contribution in [2.24, 2.45) is 5.41 Å². The molecule has 0 unspecified atom stereocenters. The second-order valence-corrected chi connectivity index (χ2v) is 14.2. The highest BCUT2D eigenvalue weighted by Gasteiger charge is 2.54. The summed E-state index contributed by atoms with van der Waals surface area (Å²) in [6, 6.07) is 6.03. The van der Waals surface area contributed by atoms with Crippen molar-refractivity contribution in [1.82, 2.24) is 29.7 Å². The zero-order valence-electron chi connectivity index (χ0n) is 29.1. The fourth-order valence-electron chi connectivity index (χ4n) is 7.93. The van der Waals surface area contributed by atoms with Gasteiger partial charge in [0.2, 0.25) is 0 Å². The van der Waals surface area contributed by atoms with E-state index in [1.54, 1.807) is 11.1 Å². The van der Waals surface area contributed by atoms with E-state index in [9.17, 15) is 9.18 Å². The monoisotopic (exact) mass is 673 g/mol. The molecule has 1 spiro atoms. The molecule has 0 radical (unpaired) electrons. The Kier molecular flexibility index (Phi) is 9.72. The van der Waals surface area contributed by atoms with E-state index in [0.29, 0.717) is 18.1 Å². The molecule has 1 saturated carbocycles. The van der Waals surface area contributed by atoms with Gasteiger partial charge in [-0.1, -0.05) is 6.92 Å². The number of carbonyl (C=O) groups is 1. The fourth-order valence-corrected chi connectivity index (χ4v) is 7.93. The molecule has 0 bridgehead atoms. The lowest BCUT2D eigenvalue weighted by molar-refractivity contribution is -0.0449. The number of aromatic nitrogens is 3. The van der Waals surface area contributed by atoms with Crippen LogP contribution in [0.4, 0.5) is 10.2 Å². The first-order valence-electron chi connectivity index (χ1n) is 17.8. The van der Waals surface area contributed by atoms with E-state index in [1.165, 1.54) is 30.1 Å². The number of rotatable bonds is 11. The lowest BCUT2D eigenvalue weighted by atomic mass is 9.61. The molecule has 1 aromatic carbocycles. The summed E-state index contributed by atoms with van der Waals surface area (Å²) in [5.74, 6) is 1.57. The predicted octanol–water partition coefficient (Wildman–Crippen LogP) is 4.80. The molecule has 49 heavy (non-hydrogen) atoms. The maximum absolute atomic E-state index is 14.3. The Balaban J connectivity index is 0.968. The summed E-state index contributed by atoms with van der Waals surface area (Å²) in [4.78, 5) is 35.6. The number of hydrogen-bond acceptors (Lipinski definition) is 10. The minimum absolute atomic E-state index is 0.0379. The number of likely N-dealkylation sites (N-methyl/N-ethyl adjacent to an activating group) is 1. The summed E-state index contributed by atoms with van der Waals surface area (Å²) >= 11 is 0. The van der Waals surface area contributed by atoms with E-state index in [-0.39, 0.29) is 40.9 Å². The molecule has 2 aromatic heterocycles. The van der Waals surface area contributed by atoms with Crippen LogP contribution in [0.3, 0.4) is 0 Å². The molecular formula is C37H48FN7O4. The summed E-state index contributed by atoms with van der Waals surface area (Å²) in [5.41, 5.74) is 2.69. The van der Waals surface area contributed by atoms with Crippen LogP contribution in [-0.2, 0) is 17.7 Å². The molecular weight excluding hydrogens is 625 g/mol.